The molecular formula is C18H21BrN4O2. The van der Waals surface area contributed by atoms with Crippen LogP contribution in [0, 0.1) is 11.8 Å². The van der Waals surface area contributed by atoms with Crippen LogP contribution in [0.1, 0.15) is 20.3 Å². The number of rotatable bonds is 5. The topological polar surface area (TPSA) is 67.2 Å². The summed E-state index contributed by atoms with van der Waals surface area (Å²) in [6.07, 6.45) is 1.89. The van der Waals surface area contributed by atoms with E-state index in [1.807, 2.05) is 24.3 Å². The van der Waals surface area contributed by atoms with Gasteiger partial charge in [0.15, 0.2) is 0 Å². The molecule has 6 nitrogen and oxygen atoms in total. The predicted octanol–water partition coefficient (Wildman–Crippen LogP) is 3.29. The van der Waals surface area contributed by atoms with E-state index in [2.05, 4.69) is 40.2 Å². The average molecular weight is 405 g/mol. The van der Waals surface area contributed by atoms with Crippen LogP contribution in [-0.2, 0) is 16.1 Å². The minimum Gasteiger partial charge on any atom is -0.312 e. The Morgan fingerprint density at radius 1 is 1.32 bits per heavy atom. The molecule has 1 atom stereocenters. The van der Waals surface area contributed by atoms with E-state index in [9.17, 15) is 9.59 Å². The van der Waals surface area contributed by atoms with E-state index in [-0.39, 0.29) is 24.2 Å². The van der Waals surface area contributed by atoms with Gasteiger partial charge in [0, 0.05) is 35.7 Å². The molecule has 1 N–H and O–H groups in total. The van der Waals surface area contributed by atoms with Crippen LogP contribution < -0.4 is 10.2 Å². The SMILES string of the molecule is CC(C)Cn1nccc1NC(=O)C1CC(=O)N(c2ccc(Br)cc2)C1. The van der Waals surface area contributed by atoms with Crippen molar-refractivity contribution in [1.29, 1.82) is 0 Å². The van der Waals surface area contributed by atoms with Gasteiger partial charge in [0.2, 0.25) is 11.8 Å². The summed E-state index contributed by atoms with van der Waals surface area (Å²) >= 11 is 3.39. The summed E-state index contributed by atoms with van der Waals surface area (Å²) in [7, 11) is 0. The molecule has 1 aliphatic heterocycles. The van der Waals surface area contributed by atoms with Gasteiger partial charge >= 0.3 is 0 Å². The molecule has 0 aliphatic carbocycles. The maximum Gasteiger partial charge on any atom is 0.230 e. The molecule has 2 heterocycles. The van der Waals surface area contributed by atoms with E-state index in [0.29, 0.717) is 18.3 Å². The van der Waals surface area contributed by atoms with Gasteiger partial charge in [0.25, 0.3) is 0 Å². The van der Waals surface area contributed by atoms with Gasteiger partial charge in [-0.05, 0) is 30.2 Å². The minimum atomic E-state index is -0.362. The fourth-order valence-corrected chi connectivity index (χ4v) is 3.18. The molecular weight excluding hydrogens is 384 g/mol. The molecule has 2 aromatic rings. The first-order valence-corrected chi connectivity index (χ1v) is 9.12. The summed E-state index contributed by atoms with van der Waals surface area (Å²) in [6.45, 7) is 5.32. The van der Waals surface area contributed by atoms with Gasteiger partial charge in [0.1, 0.15) is 5.82 Å². The smallest absolute Gasteiger partial charge is 0.230 e. The highest BCUT2D eigenvalue weighted by molar-refractivity contribution is 9.10. The molecule has 0 spiro atoms. The second kappa shape index (κ2) is 7.39. The molecule has 2 amide bonds. The first-order valence-electron chi connectivity index (χ1n) is 8.32. The van der Waals surface area contributed by atoms with Crippen molar-refractivity contribution in [2.45, 2.75) is 26.8 Å². The number of hydrogen-bond donors (Lipinski definition) is 1. The molecule has 7 heteroatoms. The third-order valence-electron chi connectivity index (χ3n) is 4.14. The summed E-state index contributed by atoms with van der Waals surface area (Å²) in [5.74, 6) is 0.569. The van der Waals surface area contributed by atoms with Crippen molar-refractivity contribution in [2.24, 2.45) is 11.8 Å². The lowest BCUT2D eigenvalue weighted by molar-refractivity contribution is -0.122. The van der Waals surface area contributed by atoms with E-state index in [0.717, 1.165) is 16.7 Å². The number of benzene rings is 1. The third kappa shape index (κ3) is 4.10. The van der Waals surface area contributed by atoms with E-state index in [1.54, 1.807) is 21.8 Å². The number of amides is 2. The molecule has 3 rings (SSSR count). The number of halogens is 1. The number of anilines is 2. The molecule has 0 bridgehead atoms. The highest BCUT2D eigenvalue weighted by Crippen LogP contribution is 2.27. The largest absolute Gasteiger partial charge is 0.312 e. The summed E-state index contributed by atoms with van der Waals surface area (Å²) in [5.41, 5.74) is 0.813. The fraction of sp³-hybridized carbons (Fsp3) is 0.389. The van der Waals surface area contributed by atoms with Gasteiger partial charge in [0.05, 0.1) is 12.1 Å². The molecule has 25 heavy (non-hydrogen) atoms. The second-order valence-corrected chi connectivity index (χ2v) is 7.58. The summed E-state index contributed by atoms with van der Waals surface area (Å²) in [6, 6.07) is 9.31. The Bertz CT molecular complexity index is 770. The van der Waals surface area contributed by atoms with E-state index in [4.69, 9.17) is 0 Å². The predicted molar refractivity (Wildman–Crippen MR) is 100 cm³/mol. The molecule has 1 aliphatic rings. The van der Waals surface area contributed by atoms with Gasteiger partial charge in [-0.1, -0.05) is 29.8 Å². The van der Waals surface area contributed by atoms with Crippen LogP contribution in [0.15, 0.2) is 41.0 Å². The van der Waals surface area contributed by atoms with E-state index >= 15 is 0 Å². The average Bonchev–Trinajstić information content (AvgIpc) is 3.15. The van der Waals surface area contributed by atoms with E-state index < -0.39 is 0 Å². The van der Waals surface area contributed by atoms with Crippen molar-refractivity contribution in [3.63, 3.8) is 0 Å². The minimum absolute atomic E-state index is 0.0295. The first kappa shape index (κ1) is 17.7. The zero-order valence-corrected chi connectivity index (χ0v) is 15.9. The molecule has 0 radical (unpaired) electrons. The van der Waals surface area contributed by atoms with Crippen LogP contribution >= 0.6 is 15.9 Å². The van der Waals surface area contributed by atoms with Gasteiger partial charge < -0.3 is 10.2 Å². The Morgan fingerprint density at radius 3 is 2.72 bits per heavy atom. The van der Waals surface area contributed by atoms with Crippen LogP contribution in [0.5, 0.6) is 0 Å². The lowest BCUT2D eigenvalue weighted by atomic mass is 10.1. The maximum atomic E-state index is 12.6. The van der Waals surface area contributed by atoms with Crippen LogP contribution in [0.4, 0.5) is 11.5 Å². The van der Waals surface area contributed by atoms with Crippen molar-refractivity contribution < 1.29 is 9.59 Å². The van der Waals surface area contributed by atoms with Gasteiger partial charge in [-0.25, -0.2) is 4.68 Å². The number of nitrogens with one attached hydrogen (secondary N) is 1. The van der Waals surface area contributed by atoms with Crippen LogP contribution in [0.2, 0.25) is 0 Å². The lowest BCUT2D eigenvalue weighted by Gasteiger charge is -2.17. The number of nitrogens with zero attached hydrogens (tertiary/aromatic N) is 3. The standard InChI is InChI=1S/C18H21BrN4O2/c1-12(2)10-23-16(7-8-20-23)21-18(25)13-9-17(24)22(11-13)15-5-3-14(19)4-6-15/h3-8,12-13H,9-11H2,1-2H3,(H,21,25). The van der Waals surface area contributed by atoms with Crippen molar-refractivity contribution in [2.75, 3.05) is 16.8 Å². The quantitative estimate of drug-likeness (QED) is 0.830. The van der Waals surface area contributed by atoms with Crippen LogP contribution in [0.3, 0.4) is 0 Å². The van der Waals surface area contributed by atoms with Gasteiger partial charge in [-0.3, -0.25) is 9.59 Å². The number of carbonyl (C=O) groups excluding carboxylic acids is 2. The molecule has 132 valence electrons. The molecule has 1 unspecified atom stereocenters. The first-order chi connectivity index (χ1) is 11.9. The number of aromatic nitrogens is 2. The lowest BCUT2D eigenvalue weighted by Crippen LogP contribution is -2.28. The Labute approximate surface area is 155 Å². The summed E-state index contributed by atoms with van der Waals surface area (Å²) < 4.78 is 2.74. The molecule has 1 aromatic heterocycles. The van der Waals surface area contributed by atoms with E-state index in [1.165, 1.54) is 0 Å². The fourth-order valence-electron chi connectivity index (χ4n) is 2.91. The Hall–Kier alpha value is -2.15. The van der Waals surface area contributed by atoms with Crippen molar-refractivity contribution in [3.05, 3.63) is 41.0 Å². The number of carbonyl (C=O) groups is 2. The van der Waals surface area contributed by atoms with Crippen molar-refractivity contribution >= 4 is 39.2 Å². The van der Waals surface area contributed by atoms with Crippen molar-refractivity contribution in [1.82, 2.24) is 9.78 Å². The van der Waals surface area contributed by atoms with Crippen LogP contribution in [-0.4, -0.2) is 28.1 Å². The normalized spacial score (nSPS) is 17.4. The van der Waals surface area contributed by atoms with Crippen molar-refractivity contribution in [3.8, 4) is 0 Å². The summed E-state index contributed by atoms with van der Waals surface area (Å²) in [5, 5.41) is 7.16. The second-order valence-electron chi connectivity index (χ2n) is 6.66. The zero-order valence-electron chi connectivity index (χ0n) is 14.3. The third-order valence-corrected chi connectivity index (χ3v) is 4.67. The van der Waals surface area contributed by atoms with Crippen LogP contribution in [0.25, 0.3) is 0 Å². The maximum absolute atomic E-state index is 12.6. The Morgan fingerprint density at radius 2 is 2.04 bits per heavy atom. The Balaban J connectivity index is 1.67. The zero-order chi connectivity index (χ0) is 18.0. The highest BCUT2D eigenvalue weighted by Gasteiger charge is 2.35. The Kier molecular flexibility index (Phi) is 5.22. The monoisotopic (exact) mass is 404 g/mol. The summed E-state index contributed by atoms with van der Waals surface area (Å²) in [4.78, 5) is 26.6. The highest BCUT2D eigenvalue weighted by atomic mass is 79.9. The molecule has 1 saturated heterocycles. The molecule has 1 fully saturated rings. The molecule has 1 aromatic carbocycles. The van der Waals surface area contributed by atoms with Gasteiger partial charge in [-0.15, -0.1) is 0 Å². The van der Waals surface area contributed by atoms with Gasteiger partial charge in [-0.2, -0.15) is 5.10 Å². The molecule has 0 saturated carbocycles. The number of hydrogen-bond acceptors (Lipinski definition) is 3.